The number of nitrogens with one attached hydrogen (secondary N) is 1. The zero-order valence-corrected chi connectivity index (χ0v) is 18.6. The maximum Gasteiger partial charge on any atom is 0.255 e. The van der Waals surface area contributed by atoms with Gasteiger partial charge in [0, 0.05) is 46.4 Å². The van der Waals surface area contributed by atoms with Gasteiger partial charge >= 0.3 is 0 Å². The molecule has 2 aliphatic heterocycles. The van der Waals surface area contributed by atoms with E-state index in [-0.39, 0.29) is 17.9 Å². The number of piperidine rings is 1. The Kier molecular flexibility index (Phi) is 8.44. The van der Waals surface area contributed by atoms with E-state index in [1.165, 1.54) is 7.11 Å². The number of methoxy groups -OCH3 is 3. The first-order chi connectivity index (χ1) is 14.6. The van der Waals surface area contributed by atoms with Crippen molar-refractivity contribution < 1.29 is 28.5 Å². The first-order valence-corrected chi connectivity index (χ1v) is 10.6. The van der Waals surface area contributed by atoms with E-state index in [9.17, 15) is 4.79 Å². The minimum atomic E-state index is -0.251. The van der Waals surface area contributed by atoms with Crippen LogP contribution in [-0.2, 0) is 9.47 Å². The average molecular weight is 443 g/mol. The van der Waals surface area contributed by atoms with Crippen LogP contribution in [0.15, 0.2) is 6.07 Å². The Hall–Kier alpha value is -1.74. The molecule has 30 heavy (non-hydrogen) atoms. The van der Waals surface area contributed by atoms with Crippen molar-refractivity contribution in [1.29, 1.82) is 0 Å². The highest BCUT2D eigenvalue weighted by Crippen LogP contribution is 2.46. The normalized spacial score (nSPS) is 21.3. The summed E-state index contributed by atoms with van der Waals surface area (Å²) >= 11 is 6.30. The van der Waals surface area contributed by atoms with Gasteiger partial charge in [0.05, 0.1) is 23.8 Å². The van der Waals surface area contributed by atoms with E-state index in [4.69, 9.17) is 35.3 Å². The van der Waals surface area contributed by atoms with Gasteiger partial charge in [0.15, 0.2) is 11.5 Å². The molecule has 0 spiro atoms. The van der Waals surface area contributed by atoms with Crippen molar-refractivity contribution in [2.45, 2.75) is 18.9 Å². The minimum absolute atomic E-state index is 0.0644. The van der Waals surface area contributed by atoms with Crippen LogP contribution in [0.5, 0.6) is 17.2 Å². The molecule has 0 radical (unpaired) electrons. The number of benzene rings is 1. The van der Waals surface area contributed by atoms with Gasteiger partial charge in [0.2, 0.25) is 5.75 Å². The molecular formula is C21H31ClN2O6. The van der Waals surface area contributed by atoms with Crippen LogP contribution in [0.25, 0.3) is 0 Å². The smallest absolute Gasteiger partial charge is 0.255 e. The third kappa shape index (κ3) is 5.29. The summed E-state index contributed by atoms with van der Waals surface area (Å²) in [4.78, 5) is 15.3. The monoisotopic (exact) mass is 442 g/mol. The summed E-state index contributed by atoms with van der Waals surface area (Å²) in [5.41, 5.74) is 0.349. The molecule has 3 rings (SSSR count). The maximum absolute atomic E-state index is 12.9. The molecule has 0 aromatic heterocycles. The summed E-state index contributed by atoms with van der Waals surface area (Å²) in [6, 6.07) is 1.56. The van der Waals surface area contributed by atoms with E-state index >= 15 is 0 Å². The molecule has 9 heteroatoms. The summed E-state index contributed by atoms with van der Waals surface area (Å²) in [5, 5.41) is 3.33. The fourth-order valence-corrected chi connectivity index (χ4v) is 4.27. The molecular weight excluding hydrogens is 412 g/mol. The fourth-order valence-electron chi connectivity index (χ4n) is 4.00. The lowest BCUT2D eigenvalue weighted by atomic mass is 9.93. The molecule has 2 aliphatic rings. The van der Waals surface area contributed by atoms with Crippen molar-refractivity contribution in [2.24, 2.45) is 5.92 Å². The highest BCUT2D eigenvalue weighted by molar-refractivity contribution is 6.33. The Morgan fingerprint density at radius 2 is 2.03 bits per heavy atom. The second kappa shape index (κ2) is 11.0. The third-order valence-corrected chi connectivity index (χ3v) is 5.88. The van der Waals surface area contributed by atoms with E-state index in [0.717, 1.165) is 39.1 Å². The van der Waals surface area contributed by atoms with Crippen LogP contribution >= 0.6 is 11.6 Å². The Labute approximate surface area is 182 Å². The van der Waals surface area contributed by atoms with Gasteiger partial charge in [0.25, 0.3) is 5.91 Å². The second-order valence-electron chi connectivity index (χ2n) is 7.47. The quantitative estimate of drug-likeness (QED) is 0.587. The SMILES string of the molecule is COCCCN1CC[C@@H](CNC(=O)c2cc(Cl)c(OC)c3c2OCCO3)C(OC)C1. The number of ether oxygens (including phenoxy) is 5. The summed E-state index contributed by atoms with van der Waals surface area (Å²) < 4.78 is 27.5. The molecule has 1 unspecified atom stereocenters. The number of carbonyl (C=O) groups excluding carboxylic acids is 1. The van der Waals surface area contributed by atoms with Gasteiger partial charge in [-0.15, -0.1) is 0 Å². The molecule has 168 valence electrons. The molecule has 1 aromatic rings. The number of hydrogen-bond donors (Lipinski definition) is 1. The highest BCUT2D eigenvalue weighted by Gasteiger charge is 2.31. The number of rotatable bonds is 9. The fraction of sp³-hybridized carbons (Fsp3) is 0.667. The Bertz CT molecular complexity index is 732. The molecule has 1 N–H and O–H groups in total. The topological polar surface area (TPSA) is 78.5 Å². The minimum Gasteiger partial charge on any atom is -0.491 e. The Balaban J connectivity index is 1.62. The average Bonchev–Trinajstić information content (AvgIpc) is 2.77. The first kappa shape index (κ1) is 22.9. The third-order valence-electron chi connectivity index (χ3n) is 5.60. The zero-order valence-electron chi connectivity index (χ0n) is 17.9. The van der Waals surface area contributed by atoms with Crippen molar-refractivity contribution >= 4 is 17.5 Å². The molecule has 2 heterocycles. The number of likely N-dealkylation sites (tertiary alicyclic amines) is 1. The molecule has 1 saturated heterocycles. The summed E-state index contributed by atoms with van der Waals surface area (Å²) in [6.07, 6.45) is 2.02. The number of fused-ring (bicyclic) bond motifs is 1. The van der Waals surface area contributed by atoms with Crippen molar-refractivity contribution in [2.75, 3.05) is 67.3 Å². The summed E-state index contributed by atoms with van der Waals surface area (Å²) in [7, 11) is 4.95. The van der Waals surface area contributed by atoms with E-state index in [2.05, 4.69) is 10.2 Å². The first-order valence-electron chi connectivity index (χ1n) is 10.3. The molecule has 2 atom stereocenters. The van der Waals surface area contributed by atoms with Crippen LogP contribution in [0, 0.1) is 5.92 Å². The summed E-state index contributed by atoms with van der Waals surface area (Å²) in [6.45, 7) is 4.83. The van der Waals surface area contributed by atoms with Crippen molar-refractivity contribution in [3.05, 3.63) is 16.7 Å². The Morgan fingerprint density at radius 3 is 2.73 bits per heavy atom. The molecule has 1 aromatic carbocycles. The number of nitrogens with zero attached hydrogens (tertiary/aromatic N) is 1. The van der Waals surface area contributed by atoms with Gasteiger partial charge in [-0.25, -0.2) is 0 Å². The van der Waals surface area contributed by atoms with Crippen LogP contribution in [0.2, 0.25) is 5.02 Å². The Morgan fingerprint density at radius 1 is 1.27 bits per heavy atom. The molecule has 1 amide bonds. The van der Waals surface area contributed by atoms with Crippen LogP contribution in [0.3, 0.4) is 0 Å². The lowest BCUT2D eigenvalue weighted by molar-refractivity contribution is -0.0121. The van der Waals surface area contributed by atoms with Crippen LogP contribution in [0.4, 0.5) is 0 Å². The zero-order chi connectivity index (χ0) is 21.5. The van der Waals surface area contributed by atoms with E-state index < -0.39 is 0 Å². The van der Waals surface area contributed by atoms with E-state index in [1.807, 2.05) is 0 Å². The standard InChI is InChI=1S/C21H31ClN2O6/c1-26-8-4-6-24-7-5-14(17(13-24)27-2)12-23-21(25)15-11-16(22)19(28-3)20-18(15)29-9-10-30-20/h11,14,17H,4-10,12-13H2,1-3H3,(H,23,25)/t14-,17?/m0/s1. The van der Waals surface area contributed by atoms with Gasteiger partial charge in [-0.3, -0.25) is 4.79 Å². The predicted octanol–water partition coefficient (Wildman–Crippen LogP) is 2.22. The highest BCUT2D eigenvalue weighted by atomic mass is 35.5. The van der Waals surface area contributed by atoms with E-state index in [0.29, 0.717) is 47.6 Å². The molecule has 8 nitrogen and oxygen atoms in total. The molecule has 1 fully saturated rings. The van der Waals surface area contributed by atoms with Crippen molar-refractivity contribution in [1.82, 2.24) is 10.2 Å². The van der Waals surface area contributed by atoms with Gasteiger partial charge in [-0.1, -0.05) is 11.6 Å². The number of hydrogen-bond acceptors (Lipinski definition) is 7. The van der Waals surface area contributed by atoms with Crippen molar-refractivity contribution in [3.8, 4) is 17.2 Å². The molecule has 0 aliphatic carbocycles. The van der Waals surface area contributed by atoms with Gasteiger partial charge in [0.1, 0.15) is 13.2 Å². The largest absolute Gasteiger partial charge is 0.491 e. The molecule has 0 saturated carbocycles. The van der Waals surface area contributed by atoms with Crippen LogP contribution in [0.1, 0.15) is 23.2 Å². The van der Waals surface area contributed by atoms with Gasteiger partial charge in [-0.05, 0) is 25.5 Å². The van der Waals surface area contributed by atoms with E-state index in [1.54, 1.807) is 20.3 Å². The maximum atomic E-state index is 12.9. The number of amides is 1. The second-order valence-corrected chi connectivity index (χ2v) is 7.88. The van der Waals surface area contributed by atoms with Crippen molar-refractivity contribution in [3.63, 3.8) is 0 Å². The van der Waals surface area contributed by atoms with Gasteiger partial charge in [-0.2, -0.15) is 0 Å². The number of carbonyl (C=O) groups is 1. The van der Waals surface area contributed by atoms with Gasteiger partial charge < -0.3 is 33.9 Å². The predicted molar refractivity (Wildman–Crippen MR) is 113 cm³/mol. The molecule has 0 bridgehead atoms. The lowest BCUT2D eigenvalue weighted by Crippen LogP contribution is -2.48. The summed E-state index contributed by atoms with van der Waals surface area (Å²) in [5.74, 6) is 1.11. The van der Waals surface area contributed by atoms with Crippen LogP contribution in [-0.4, -0.2) is 84.2 Å². The lowest BCUT2D eigenvalue weighted by Gasteiger charge is -2.38. The number of halogens is 1. The van der Waals surface area contributed by atoms with Crippen LogP contribution < -0.4 is 19.5 Å².